The Kier molecular flexibility index (Phi) is 4.19. The Morgan fingerprint density at radius 1 is 1.69 bits per heavy atom. The third-order valence-corrected chi connectivity index (χ3v) is 2.88. The highest BCUT2D eigenvalue weighted by molar-refractivity contribution is 7.09. The van der Waals surface area contributed by atoms with Crippen molar-refractivity contribution in [1.29, 1.82) is 0 Å². The Balaban J connectivity index is 2.25. The molecule has 2 heteroatoms. The minimum Gasteiger partial charge on any atom is -0.327 e. The van der Waals surface area contributed by atoms with E-state index in [9.17, 15) is 0 Å². The molecule has 0 aromatic carbocycles. The van der Waals surface area contributed by atoms with Crippen molar-refractivity contribution >= 4 is 11.3 Å². The Hall–Kier alpha value is -0.600. The van der Waals surface area contributed by atoms with Gasteiger partial charge in [-0.2, -0.15) is 0 Å². The number of thiophene rings is 1. The van der Waals surface area contributed by atoms with Crippen molar-refractivity contribution in [1.82, 2.24) is 0 Å². The van der Waals surface area contributed by atoms with Gasteiger partial charge in [-0.25, -0.2) is 0 Å². The van der Waals surface area contributed by atoms with Crippen LogP contribution in [0.25, 0.3) is 0 Å². The zero-order valence-electron chi connectivity index (χ0n) is 8.12. The molecule has 0 aliphatic rings. The fourth-order valence-corrected chi connectivity index (χ4v) is 2.02. The second-order valence-electron chi connectivity index (χ2n) is 3.54. The highest BCUT2D eigenvalue weighted by Gasteiger charge is 2.04. The average molecular weight is 195 g/mol. The van der Waals surface area contributed by atoms with E-state index in [0.717, 1.165) is 19.3 Å². The largest absolute Gasteiger partial charge is 0.327 e. The lowest BCUT2D eigenvalue weighted by Crippen LogP contribution is -2.22. The van der Waals surface area contributed by atoms with E-state index in [0.29, 0.717) is 0 Å². The Morgan fingerprint density at radius 2 is 2.46 bits per heavy atom. The lowest BCUT2D eigenvalue weighted by Gasteiger charge is -2.09. The fraction of sp³-hybridized carbons (Fsp3) is 0.455. The van der Waals surface area contributed by atoms with Crippen LogP contribution < -0.4 is 5.73 Å². The summed E-state index contributed by atoms with van der Waals surface area (Å²) in [6.45, 7) is 5.92. The molecule has 0 saturated carbocycles. The van der Waals surface area contributed by atoms with E-state index in [1.54, 1.807) is 11.3 Å². The van der Waals surface area contributed by atoms with E-state index >= 15 is 0 Å². The molecule has 13 heavy (non-hydrogen) atoms. The summed E-state index contributed by atoms with van der Waals surface area (Å²) in [7, 11) is 0. The van der Waals surface area contributed by atoms with Crippen LogP contribution in [0, 0.1) is 0 Å². The molecule has 1 atom stereocenters. The maximum Gasteiger partial charge on any atom is 0.00902 e. The van der Waals surface area contributed by atoms with E-state index in [1.807, 2.05) is 0 Å². The zero-order valence-corrected chi connectivity index (χ0v) is 8.94. The quantitative estimate of drug-likeness (QED) is 0.718. The highest BCUT2D eigenvalue weighted by Crippen LogP contribution is 2.13. The van der Waals surface area contributed by atoms with Crippen LogP contribution in [0.2, 0.25) is 0 Å². The molecule has 0 bridgehead atoms. The summed E-state index contributed by atoms with van der Waals surface area (Å²) >= 11 is 1.78. The molecule has 1 aromatic heterocycles. The van der Waals surface area contributed by atoms with Crippen LogP contribution in [0.4, 0.5) is 0 Å². The van der Waals surface area contributed by atoms with Gasteiger partial charge in [0, 0.05) is 10.9 Å². The van der Waals surface area contributed by atoms with E-state index in [1.165, 1.54) is 10.5 Å². The molecule has 1 unspecified atom stereocenters. The van der Waals surface area contributed by atoms with Crippen LogP contribution in [0.5, 0.6) is 0 Å². The van der Waals surface area contributed by atoms with Crippen molar-refractivity contribution < 1.29 is 0 Å². The highest BCUT2D eigenvalue weighted by atomic mass is 32.1. The molecule has 72 valence electrons. The zero-order chi connectivity index (χ0) is 9.68. The minimum absolute atomic E-state index is 0.287. The fourth-order valence-electron chi connectivity index (χ4n) is 1.22. The smallest absolute Gasteiger partial charge is 0.00902 e. The maximum absolute atomic E-state index is 5.98. The van der Waals surface area contributed by atoms with Gasteiger partial charge in [-0.05, 0) is 37.6 Å². The molecule has 0 saturated heterocycles. The average Bonchev–Trinajstić information content (AvgIpc) is 2.53. The van der Waals surface area contributed by atoms with Crippen molar-refractivity contribution in [3.05, 3.63) is 34.5 Å². The SMILES string of the molecule is C=C(C)CCC(N)Cc1cccs1. The first kappa shape index (κ1) is 10.5. The number of hydrogen-bond donors (Lipinski definition) is 1. The molecule has 2 N–H and O–H groups in total. The molecule has 1 rings (SSSR count). The summed E-state index contributed by atoms with van der Waals surface area (Å²) in [6.07, 6.45) is 3.10. The van der Waals surface area contributed by atoms with E-state index in [-0.39, 0.29) is 6.04 Å². The normalized spacial score (nSPS) is 12.8. The van der Waals surface area contributed by atoms with E-state index < -0.39 is 0 Å². The van der Waals surface area contributed by atoms with Crippen molar-refractivity contribution in [2.24, 2.45) is 5.73 Å². The van der Waals surface area contributed by atoms with Crippen LogP contribution in [-0.2, 0) is 6.42 Å². The predicted octanol–water partition coefficient (Wildman–Crippen LogP) is 2.97. The van der Waals surface area contributed by atoms with E-state index in [4.69, 9.17) is 5.73 Å². The summed E-state index contributed by atoms with van der Waals surface area (Å²) in [5, 5.41) is 2.10. The molecule has 1 aromatic rings. The van der Waals surface area contributed by atoms with Crippen molar-refractivity contribution in [3.8, 4) is 0 Å². The molecule has 1 nitrogen and oxygen atoms in total. The van der Waals surface area contributed by atoms with Crippen molar-refractivity contribution in [3.63, 3.8) is 0 Å². The topological polar surface area (TPSA) is 26.0 Å². The molecular formula is C11H17NS. The molecule has 0 fully saturated rings. The minimum atomic E-state index is 0.287. The van der Waals surface area contributed by atoms with Gasteiger partial charge in [-0.3, -0.25) is 0 Å². The third-order valence-electron chi connectivity index (χ3n) is 1.99. The Morgan fingerprint density at radius 3 is 3.00 bits per heavy atom. The van der Waals surface area contributed by atoms with Crippen LogP contribution in [-0.4, -0.2) is 6.04 Å². The van der Waals surface area contributed by atoms with Gasteiger partial charge in [0.2, 0.25) is 0 Å². The lowest BCUT2D eigenvalue weighted by molar-refractivity contribution is 0.613. The van der Waals surface area contributed by atoms with Gasteiger partial charge in [-0.1, -0.05) is 11.6 Å². The van der Waals surface area contributed by atoms with Gasteiger partial charge < -0.3 is 5.73 Å². The van der Waals surface area contributed by atoms with Gasteiger partial charge in [0.05, 0.1) is 0 Å². The summed E-state index contributed by atoms with van der Waals surface area (Å²) < 4.78 is 0. The van der Waals surface area contributed by atoms with E-state index in [2.05, 4.69) is 31.0 Å². The van der Waals surface area contributed by atoms with Crippen LogP contribution in [0.3, 0.4) is 0 Å². The molecule has 0 amide bonds. The van der Waals surface area contributed by atoms with Crippen LogP contribution in [0.15, 0.2) is 29.7 Å². The first-order chi connectivity index (χ1) is 6.18. The molecule has 0 aliphatic heterocycles. The Bertz CT molecular complexity index is 251. The van der Waals surface area contributed by atoms with Gasteiger partial charge in [0.25, 0.3) is 0 Å². The number of rotatable bonds is 5. The van der Waals surface area contributed by atoms with Crippen molar-refractivity contribution in [2.75, 3.05) is 0 Å². The third kappa shape index (κ3) is 4.25. The molecule has 0 radical (unpaired) electrons. The van der Waals surface area contributed by atoms with Gasteiger partial charge >= 0.3 is 0 Å². The van der Waals surface area contributed by atoms with Crippen LogP contribution >= 0.6 is 11.3 Å². The lowest BCUT2D eigenvalue weighted by atomic mass is 10.1. The monoisotopic (exact) mass is 195 g/mol. The standard InChI is InChI=1S/C11H17NS/c1-9(2)5-6-10(12)8-11-4-3-7-13-11/h3-4,7,10H,1,5-6,8,12H2,2H3. The number of allylic oxidation sites excluding steroid dienone is 1. The van der Waals surface area contributed by atoms with Gasteiger partial charge in [0.1, 0.15) is 0 Å². The summed E-state index contributed by atoms with van der Waals surface area (Å²) in [5.41, 5.74) is 7.20. The Labute approximate surface area is 84.3 Å². The van der Waals surface area contributed by atoms with Gasteiger partial charge in [-0.15, -0.1) is 17.9 Å². The van der Waals surface area contributed by atoms with Crippen molar-refractivity contribution in [2.45, 2.75) is 32.2 Å². The first-order valence-electron chi connectivity index (χ1n) is 4.61. The number of nitrogens with two attached hydrogens (primary N) is 1. The summed E-state index contributed by atoms with van der Waals surface area (Å²) in [6, 6.07) is 4.51. The second-order valence-corrected chi connectivity index (χ2v) is 4.57. The number of hydrogen-bond acceptors (Lipinski definition) is 2. The molecule has 0 spiro atoms. The summed E-state index contributed by atoms with van der Waals surface area (Å²) in [5.74, 6) is 0. The predicted molar refractivity (Wildman–Crippen MR) is 60.0 cm³/mol. The molecule has 1 heterocycles. The van der Waals surface area contributed by atoms with Gasteiger partial charge in [0.15, 0.2) is 0 Å². The second kappa shape index (κ2) is 5.20. The first-order valence-corrected chi connectivity index (χ1v) is 5.49. The maximum atomic E-state index is 5.98. The molecule has 0 aliphatic carbocycles. The molecular weight excluding hydrogens is 178 g/mol. The van der Waals surface area contributed by atoms with Crippen LogP contribution in [0.1, 0.15) is 24.6 Å². The summed E-state index contributed by atoms with van der Waals surface area (Å²) in [4.78, 5) is 1.38.